The summed E-state index contributed by atoms with van der Waals surface area (Å²) in [7, 11) is 0. The number of nitrogens with one attached hydrogen (secondary N) is 1. The quantitative estimate of drug-likeness (QED) is 0.594. The van der Waals surface area contributed by atoms with E-state index in [0.29, 0.717) is 11.4 Å². The van der Waals surface area contributed by atoms with Gasteiger partial charge in [0, 0.05) is 30.9 Å². The van der Waals surface area contributed by atoms with Crippen LogP contribution >= 0.6 is 11.6 Å². The van der Waals surface area contributed by atoms with E-state index in [1.54, 1.807) is 6.07 Å². The highest BCUT2D eigenvalue weighted by Crippen LogP contribution is 2.29. The molecular formula is C18H16ClN3O5. The number of carboxylic acids is 1. The van der Waals surface area contributed by atoms with Crippen LogP contribution in [-0.4, -0.2) is 35.0 Å². The third kappa shape index (κ3) is 4.01. The molecule has 1 heterocycles. The van der Waals surface area contributed by atoms with Gasteiger partial charge >= 0.3 is 5.97 Å². The predicted octanol–water partition coefficient (Wildman–Crippen LogP) is 3.80. The molecule has 0 aromatic heterocycles. The van der Waals surface area contributed by atoms with Gasteiger partial charge in [-0.15, -0.1) is 0 Å². The summed E-state index contributed by atoms with van der Waals surface area (Å²) in [6.07, 6.45) is 1.98. The van der Waals surface area contributed by atoms with Crippen LogP contribution in [0.2, 0.25) is 5.02 Å². The number of rotatable bonds is 5. The normalized spacial score (nSPS) is 13.4. The van der Waals surface area contributed by atoms with Crippen molar-refractivity contribution in [2.75, 3.05) is 23.3 Å². The first-order valence-electron chi connectivity index (χ1n) is 8.24. The molecule has 0 radical (unpaired) electrons. The fraction of sp³-hybridized carbons (Fsp3) is 0.222. The van der Waals surface area contributed by atoms with Gasteiger partial charge in [-0.3, -0.25) is 14.9 Å². The monoisotopic (exact) mass is 389 g/mol. The fourth-order valence-electron chi connectivity index (χ4n) is 3.02. The molecule has 1 fully saturated rings. The van der Waals surface area contributed by atoms with E-state index in [4.69, 9.17) is 16.7 Å². The summed E-state index contributed by atoms with van der Waals surface area (Å²) in [6, 6.07) is 8.24. The van der Waals surface area contributed by atoms with Gasteiger partial charge < -0.3 is 15.3 Å². The number of aromatic carboxylic acids is 1. The van der Waals surface area contributed by atoms with Gasteiger partial charge in [-0.25, -0.2) is 4.79 Å². The lowest BCUT2D eigenvalue weighted by molar-refractivity contribution is -0.384. The lowest BCUT2D eigenvalue weighted by Crippen LogP contribution is -2.23. The molecule has 0 spiro atoms. The van der Waals surface area contributed by atoms with Gasteiger partial charge in [0.05, 0.1) is 26.8 Å². The highest BCUT2D eigenvalue weighted by atomic mass is 35.5. The van der Waals surface area contributed by atoms with Gasteiger partial charge in [0.1, 0.15) is 0 Å². The van der Waals surface area contributed by atoms with Crippen LogP contribution < -0.4 is 10.2 Å². The molecule has 0 saturated carbocycles. The summed E-state index contributed by atoms with van der Waals surface area (Å²) in [4.78, 5) is 36.4. The van der Waals surface area contributed by atoms with Crippen molar-refractivity contribution in [3.05, 3.63) is 62.7 Å². The van der Waals surface area contributed by atoms with Gasteiger partial charge in [0.15, 0.2) is 0 Å². The number of halogens is 1. The molecule has 2 N–H and O–H groups in total. The van der Waals surface area contributed by atoms with E-state index in [0.717, 1.165) is 25.9 Å². The molecule has 0 aliphatic carbocycles. The average Bonchev–Trinajstić information content (AvgIpc) is 3.15. The highest BCUT2D eigenvalue weighted by Gasteiger charge is 2.23. The standard InChI is InChI=1S/C18H16ClN3O5/c19-15-9-11(3-5-13(15)18(24)25)20-17(23)14-10-12(22(26)27)4-6-16(14)21-7-1-2-8-21/h3-6,9-10H,1-2,7-8H2,(H,20,23)(H,24,25). The molecule has 3 rings (SSSR count). The van der Waals surface area contributed by atoms with Crippen molar-refractivity contribution in [3.8, 4) is 0 Å². The molecule has 0 atom stereocenters. The van der Waals surface area contributed by atoms with Crippen molar-refractivity contribution in [1.82, 2.24) is 0 Å². The van der Waals surface area contributed by atoms with E-state index in [2.05, 4.69) is 5.32 Å². The number of anilines is 2. The van der Waals surface area contributed by atoms with E-state index < -0.39 is 16.8 Å². The second-order valence-electron chi connectivity index (χ2n) is 6.11. The summed E-state index contributed by atoms with van der Waals surface area (Å²) in [6.45, 7) is 1.55. The number of hydrogen-bond donors (Lipinski definition) is 2. The van der Waals surface area contributed by atoms with Gasteiger partial charge in [-0.05, 0) is 37.1 Å². The first-order chi connectivity index (χ1) is 12.9. The van der Waals surface area contributed by atoms with Crippen molar-refractivity contribution in [3.63, 3.8) is 0 Å². The van der Waals surface area contributed by atoms with E-state index in [-0.39, 0.29) is 21.8 Å². The van der Waals surface area contributed by atoms with Crippen LogP contribution in [0.15, 0.2) is 36.4 Å². The van der Waals surface area contributed by atoms with Crippen LogP contribution in [0.1, 0.15) is 33.6 Å². The fourth-order valence-corrected chi connectivity index (χ4v) is 3.28. The number of carbonyl (C=O) groups excluding carboxylic acids is 1. The Morgan fingerprint density at radius 2 is 1.81 bits per heavy atom. The van der Waals surface area contributed by atoms with Crippen molar-refractivity contribution in [2.45, 2.75) is 12.8 Å². The smallest absolute Gasteiger partial charge is 0.337 e. The van der Waals surface area contributed by atoms with E-state index in [1.165, 1.54) is 30.3 Å². The van der Waals surface area contributed by atoms with E-state index in [9.17, 15) is 19.7 Å². The van der Waals surface area contributed by atoms with Crippen LogP contribution in [0.3, 0.4) is 0 Å². The first-order valence-corrected chi connectivity index (χ1v) is 8.62. The third-order valence-electron chi connectivity index (χ3n) is 4.34. The molecule has 0 bridgehead atoms. The van der Waals surface area contributed by atoms with Gasteiger partial charge in [-0.1, -0.05) is 11.6 Å². The molecule has 1 amide bonds. The second kappa shape index (κ2) is 7.63. The number of benzene rings is 2. The molecule has 140 valence electrons. The maximum atomic E-state index is 12.8. The van der Waals surface area contributed by atoms with Crippen LogP contribution in [-0.2, 0) is 0 Å². The van der Waals surface area contributed by atoms with Crippen molar-refractivity contribution in [2.24, 2.45) is 0 Å². The topological polar surface area (TPSA) is 113 Å². The minimum Gasteiger partial charge on any atom is -0.478 e. The largest absolute Gasteiger partial charge is 0.478 e. The second-order valence-corrected chi connectivity index (χ2v) is 6.51. The van der Waals surface area contributed by atoms with E-state index in [1.807, 2.05) is 4.90 Å². The molecule has 2 aromatic carbocycles. The van der Waals surface area contributed by atoms with Crippen LogP contribution in [0.4, 0.5) is 17.1 Å². The Bertz CT molecular complexity index is 925. The number of amides is 1. The zero-order valence-corrected chi connectivity index (χ0v) is 14.9. The van der Waals surface area contributed by atoms with Gasteiger partial charge in [0.25, 0.3) is 11.6 Å². The molecule has 1 saturated heterocycles. The Kier molecular flexibility index (Phi) is 5.27. The Labute approximate surface area is 159 Å². The SMILES string of the molecule is O=C(O)c1ccc(NC(=O)c2cc([N+](=O)[O-])ccc2N2CCCC2)cc1Cl. The van der Waals surface area contributed by atoms with Crippen LogP contribution in [0, 0.1) is 10.1 Å². The summed E-state index contributed by atoms with van der Waals surface area (Å²) >= 11 is 5.93. The third-order valence-corrected chi connectivity index (χ3v) is 4.65. The van der Waals surface area contributed by atoms with Crippen LogP contribution in [0.5, 0.6) is 0 Å². The Morgan fingerprint density at radius 1 is 1.11 bits per heavy atom. The van der Waals surface area contributed by atoms with E-state index >= 15 is 0 Å². The molecular weight excluding hydrogens is 374 g/mol. The number of nitro groups is 1. The van der Waals surface area contributed by atoms with Gasteiger partial charge in [0.2, 0.25) is 0 Å². The molecule has 0 unspecified atom stereocenters. The Hall–Kier alpha value is -3.13. The Balaban J connectivity index is 1.93. The number of non-ortho nitro benzene ring substituents is 1. The summed E-state index contributed by atoms with van der Waals surface area (Å²) in [5.74, 6) is -1.70. The summed E-state index contributed by atoms with van der Waals surface area (Å²) in [5, 5.41) is 22.7. The van der Waals surface area contributed by atoms with Crippen molar-refractivity contribution >= 4 is 40.5 Å². The lowest BCUT2D eigenvalue weighted by atomic mass is 10.1. The molecule has 2 aromatic rings. The molecule has 1 aliphatic rings. The van der Waals surface area contributed by atoms with Crippen molar-refractivity contribution in [1.29, 1.82) is 0 Å². The summed E-state index contributed by atoms with van der Waals surface area (Å²) in [5.41, 5.74) is 0.854. The molecule has 27 heavy (non-hydrogen) atoms. The summed E-state index contributed by atoms with van der Waals surface area (Å²) < 4.78 is 0. The van der Waals surface area contributed by atoms with Crippen molar-refractivity contribution < 1.29 is 19.6 Å². The molecule has 8 nitrogen and oxygen atoms in total. The lowest BCUT2D eigenvalue weighted by Gasteiger charge is -2.21. The number of carbonyl (C=O) groups is 2. The zero-order valence-electron chi connectivity index (χ0n) is 14.1. The predicted molar refractivity (Wildman–Crippen MR) is 101 cm³/mol. The highest BCUT2D eigenvalue weighted by molar-refractivity contribution is 6.33. The van der Waals surface area contributed by atoms with Gasteiger partial charge in [-0.2, -0.15) is 0 Å². The number of nitrogens with zero attached hydrogens (tertiary/aromatic N) is 2. The minimum atomic E-state index is -1.17. The maximum absolute atomic E-state index is 12.8. The minimum absolute atomic E-state index is 0.0147. The average molecular weight is 390 g/mol. The first kappa shape index (κ1) is 18.7. The molecule has 9 heteroatoms. The number of carboxylic acid groups (broad SMARTS) is 1. The Morgan fingerprint density at radius 3 is 2.41 bits per heavy atom. The number of nitro benzene ring substituents is 1. The van der Waals surface area contributed by atoms with Crippen LogP contribution in [0.25, 0.3) is 0 Å². The number of hydrogen-bond acceptors (Lipinski definition) is 5. The molecule has 1 aliphatic heterocycles. The maximum Gasteiger partial charge on any atom is 0.337 e. The zero-order chi connectivity index (χ0) is 19.6.